The van der Waals surface area contributed by atoms with E-state index in [2.05, 4.69) is 59.1 Å². The van der Waals surface area contributed by atoms with Crippen LogP contribution in [0.4, 0.5) is 0 Å². The standard InChI is InChI=1S/C39H70N14O11/c1-19(2)15-26(33(60)46-17-29(55)56)52-37(64)28(18-54)53-32(59)23(8)48-34(61)24(11-9-13-44-38(40)41)49-35(62)25(12-10-14-45-39(42)43)50-36(63)27(16-20(3)4)51-31(58)22(7)47-30(57)21(5)6/h19-20,22-28,54H,5,9-18H2,1-4,6-8H3,(H,46,60)(H,47,57)(H,48,61)(H,49,62)(H,50,63)(H,51,58)(H,52,64)(H,53,59)(H,55,56)(H4,40,41,44)(H4,42,43,45)/t22-,23-,24-,25-,26-,27-,28-/m0/s1. The molecule has 0 aliphatic rings. The van der Waals surface area contributed by atoms with Gasteiger partial charge in [0.25, 0.3) is 0 Å². The molecule has 64 heavy (non-hydrogen) atoms. The van der Waals surface area contributed by atoms with E-state index in [9.17, 15) is 48.3 Å². The molecule has 0 saturated carbocycles. The zero-order chi connectivity index (χ0) is 49.3. The highest BCUT2D eigenvalue weighted by molar-refractivity contribution is 5.99. The third-order valence-electron chi connectivity index (χ3n) is 8.95. The number of aliphatic carboxylic acids is 1. The van der Waals surface area contributed by atoms with Gasteiger partial charge in [-0.25, -0.2) is 0 Å². The molecule has 0 aliphatic carbocycles. The molecule has 18 N–H and O–H groups in total. The Kier molecular flexibility index (Phi) is 26.7. The lowest BCUT2D eigenvalue weighted by molar-refractivity contribution is -0.138. The van der Waals surface area contributed by atoms with Crippen LogP contribution in [0.1, 0.15) is 87.0 Å². The van der Waals surface area contributed by atoms with Crippen molar-refractivity contribution in [3.8, 4) is 0 Å². The van der Waals surface area contributed by atoms with E-state index in [-0.39, 0.29) is 80.9 Å². The summed E-state index contributed by atoms with van der Waals surface area (Å²) in [6, 6.07) is -9.09. The normalized spacial score (nSPS) is 14.1. The average Bonchev–Trinajstić information content (AvgIpc) is 3.19. The molecule has 0 aromatic rings. The molecule has 25 nitrogen and oxygen atoms in total. The van der Waals surface area contributed by atoms with Crippen molar-refractivity contribution in [2.45, 2.75) is 129 Å². The number of carboxylic acids is 1. The Bertz CT molecular complexity index is 1700. The molecule has 362 valence electrons. The van der Waals surface area contributed by atoms with Crippen LogP contribution in [0, 0.1) is 11.8 Å². The minimum atomic E-state index is -1.60. The van der Waals surface area contributed by atoms with E-state index in [1.807, 2.05) is 0 Å². The molecule has 0 unspecified atom stereocenters. The smallest absolute Gasteiger partial charge is 0.322 e. The van der Waals surface area contributed by atoms with Crippen molar-refractivity contribution < 1.29 is 53.4 Å². The second-order valence-corrected chi connectivity index (χ2v) is 16.0. The number of hydrogen-bond donors (Lipinski definition) is 14. The number of nitrogens with one attached hydrogen (secondary N) is 8. The fourth-order valence-electron chi connectivity index (χ4n) is 5.61. The number of nitrogens with two attached hydrogens (primary N) is 4. The van der Waals surface area contributed by atoms with Crippen LogP contribution in [0.3, 0.4) is 0 Å². The number of nitrogens with zero attached hydrogens (tertiary/aromatic N) is 2. The fourth-order valence-corrected chi connectivity index (χ4v) is 5.61. The second-order valence-electron chi connectivity index (χ2n) is 16.0. The van der Waals surface area contributed by atoms with E-state index in [0.29, 0.717) is 0 Å². The van der Waals surface area contributed by atoms with Crippen LogP contribution in [0.2, 0.25) is 0 Å². The van der Waals surface area contributed by atoms with Crippen LogP contribution in [-0.2, 0) is 43.2 Å². The molecule has 0 fully saturated rings. The summed E-state index contributed by atoms with van der Waals surface area (Å²) >= 11 is 0. The first-order valence-corrected chi connectivity index (χ1v) is 20.8. The average molecular weight is 911 g/mol. The maximum absolute atomic E-state index is 14.0. The number of carboxylic acid groups (broad SMARTS) is 1. The van der Waals surface area contributed by atoms with Gasteiger partial charge in [0.15, 0.2) is 11.9 Å². The molecule has 0 aliphatic heterocycles. The third-order valence-corrected chi connectivity index (χ3v) is 8.95. The number of rotatable bonds is 30. The van der Waals surface area contributed by atoms with Gasteiger partial charge in [0.1, 0.15) is 48.8 Å². The van der Waals surface area contributed by atoms with Gasteiger partial charge in [-0.3, -0.25) is 53.1 Å². The lowest BCUT2D eigenvalue weighted by Gasteiger charge is -2.27. The number of carbonyl (C=O) groups excluding carboxylic acids is 8. The molecule has 0 spiro atoms. The molecule has 0 bridgehead atoms. The number of guanidine groups is 2. The van der Waals surface area contributed by atoms with Gasteiger partial charge in [0.2, 0.25) is 47.3 Å². The predicted molar refractivity (Wildman–Crippen MR) is 236 cm³/mol. The number of aliphatic hydroxyl groups excluding tert-OH is 1. The summed E-state index contributed by atoms with van der Waals surface area (Å²) in [5, 5.41) is 38.5. The summed E-state index contributed by atoms with van der Waals surface area (Å²) in [5.41, 5.74) is 21.9. The Morgan fingerprint density at radius 1 is 0.531 bits per heavy atom. The van der Waals surface area contributed by atoms with Gasteiger partial charge < -0.3 is 75.7 Å². The Morgan fingerprint density at radius 2 is 0.891 bits per heavy atom. The van der Waals surface area contributed by atoms with E-state index in [0.717, 1.165) is 0 Å². The Morgan fingerprint density at radius 3 is 1.30 bits per heavy atom. The van der Waals surface area contributed by atoms with E-state index >= 15 is 0 Å². The lowest BCUT2D eigenvalue weighted by atomic mass is 10.0. The number of carbonyl (C=O) groups is 9. The summed E-state index contributed by atoms with van der Waals surface area (Å²) in [6.45, 7) is 13.3. The molecule has 0 aromatic carbocycles. The van der Waals surface area contributed by atoms with Crippen molar-refractivity contribution in [3.05, 3.63) is 12.2 Å². The van der Waals surface area contributed by atoms with Gasteiger partial charge in [-0.05, 0) is 71.1 Å². The molecule has 0 rings (SSSR count). The van der Waals surface area contributed by atoms with Crippen LogP contribution in [0.5, 0.6) is 0 Å². The van der Waals surface area contributed by atoms with E-state index in [1.165, 1.54) is 20.8 Å². The van der Waals surface area contributed by atoms with Gasteiger partial charge in [0.05, 0.1) is 6.61 Å². The summed E-state index contributed by atoms with van der Waals surface area (Å²) in [6.07, 6.45) is 0.414. The SMILES string of the molecule is C=C(C)C(=O)N[C@@H](C)C(=O)N[C@@H](CC(C)C)C(=O)N[C@@H](CCCN=C(N)N)C(=O)N[C@@H](CCCN=C(N)N)C(=O)N[C@@H](C)C(=O)N[C@@H](CO)C(=O)N[C@@H](CC(C)C)C(=O)NCC(=O)O. The first kappa shape index (κ1) is 57.5. The van der Waals surface area contributed by atoms with Crippen LogP contribution in [-0.4, -0.2) is 144 Å². The Balaban J connectivity index is 6.37. The summed E-state index contributed by atoms with van der Waals surface area (Å²) in [5.74, 6) is -8.42. The largest absolute Gasteiger partial charge is 0.480 e. The van der Waals surface area contributed by atoms with Crippen molar-refractivity contribution in [1.29, 1.82) is 0 Å². The lowest BCUT2D eigenvalue weighted by Crippen LogP contribution is -2.60. The van der Waals surface area contributed by atoms with Gasteiger partial charge in [-0.1, -0.05) is 34.3 Å². The maximum Gasteiger partial charge on any atom is 0.322 e. The van der Waals surface area contributed by atoms with Crippen LogP contribution >= 0.6 is 0 Å². The first-order valence-electron chi connectivity index (χ1n) is 20.8. The topological polar surface area (TPSA) is 419 Å². The van der Waals surface area contributed by atoms with Crippen molar-refractivity contribution in [2.24, 2.45) is 44.8 Å². The zero-order valence-electron chi connectivity index (χ0n) is 37.7. The van der Waals surface area contributed by atoms with Crippen molar-refractivity contribution >= 4 is 65.1 Å². The zero-order valence-corrected chi connectivity index (χ0v) is 37.7. The summed E-state index contributed by atoms with van der Waals surface area (Å²) < 4.78 is 0. The van der Waals surface area contributed by atoms with Gasteiger partial charge >= 0.3 is 5.97 Å². The minimum Gasteiger partial charge on any atom is -0.480 e. The minimum absolute atomic E-state index is 0.0396. The van der Waals surface area contributed by atoms with Crippen molar-refractivity contribution in [3.63, 3.8) is 0 Å². The predicted octanol–water partition coefficient (Wildman–Crippen LogP) is -4.61. The van der Waals surface area contributed by atoms with Crippen molar-refractivity contribution in [1.82, 2.24) is 42.5 Å². The van der Waals surface area contributed by atoms with E-state index in [4.69, 9.17) is 28.0 Å². The quantitative estimate of drug-likeness (QED) is 0.0140. The third kappa shape index (κ3) is 24.2. The van der Waals surface area contributed by atoms with Crippen LogP contribution < -0.4 is 65.5 Å². The second kappa shape index (κ2) is 29.7. The first-order chi connectivity index (χ1) is 29.8. The Hall–Kier alpha value is -6.53. The molecule has 0 radical (unpaired) electrons. The Labute approximate surface area is 373 Å². The summed E-state index contributed by atoms with van der Waals surface area (Å²) in [7, 11) is 0. The molecule has 8 amide bonds. The molecular formula is C39H70N14O11. The molecule has 0 saturated heterocycles. The number of aliphatic imine (C=N–C) groups is 2. The summed E-state index contributed by atoms with van der Waals surface area (Å²) in [4.78, 5) is 124. The van der Waals surface area contributed by atoms with Gasteiger partial charge in [-0.15, -0.1) is 0 Å². The highest BCUT2D eigenvalue weighted by atomic mass is 16.4. The molecule has 0 heterocycles. The van der Waals surface area contributed by atoms with Crippen LogP contribution in [0.25, 0.3) is 0 Å². The highest BCUT2D eigenvalue weighted by Gasteiger charge is 2.33. The van der Waals surface area contributed by atoms with E-state index in [1.54, 1.807) is 27.7 Å². The monoisotopic (exact) mass is 911 g/mol. The fraction of sp³-hybridized carbons (Fsp3) is 0.667. The molecule has 25 heteroatoms. The number of hydrogen-bond acceptors (Lipinski definition) is 12. The molecular weight excluding hydrogens is 841 g/mol. The number of aliphatic hydroxyl groups is 1. The van der Waals surface area contributed by atoms with Crippen LogP contribution in [0.15, 0.2) is 22.1 Å². The van der Waals surface area contributed by atoms with Gasteiger partial charge in [-0.2, -0.15) is 0 Å². The van der Waals surface area contributed by atoms with Gasteiger partial charge in [0, 0.05) is 18.7 Å². The maximum atomic E-state index is 14.0. The number of amides is 8. The van der Waals surface area contributed by atoms with E-state index < -0.39 is 109 Å². The highest BCUT2D eigenvalue weighted by Crippen LogP contribution is 2.10. The molecule has 7 atom stereocenters. The molecule has 0 aromatic heterocycles. The van der Waals surface area contributed by atoms with Crippen molar-refractivity contribution in [2.75, 3.05) is 26.2 Å².